The van der Waals surface area contributed by atoms with Gasteiger partial charge in [-0.05, 0) is 25.8 Å². The second-order valence-corrected chi connectivity index (χ2v) is 5.14. The van der Waals surface area contributed by atoms with Gasteiger partial charge >= 0.3 is 0 Å². The highest BCUT2D eigenvalue weighted by molar-refractivity contribution is 4.88. The van der Waals surface area contributed by atoms with E-state index >= 15 is 0 Å². The lowest BCUT2D eigenvalue weighted by Crippen LogP contribution is -2.53. The van der Waals surface area contributed by atoms with Crippen LogP contribution in [-0.2, 0) is 4.74 Å². The molecule has 0 bridgehead atoms. The fraction of sp³-hybridized carbons (Fsp3) is 1.00. The van der Waals surface area contributed by atoms with Crippen LogP contribution in [0.1, 0.15) is 19.3 Å². The third-order valence-electron chi connectivity index (χ3n) is 3.55. The minimum absolute atomic E-state index is 0.0541. The zero-order chi connectivity index (χ0) is 10.0. The molecule has 0 spiro atoms. The largest absolute Gasteiger partial charge is 0.396 e. The summed E-state index contributed by atoms with van der Waals surface area (Å²) in [5.41, 5.74) is 0.0541. The first-order chi connectivity index (χ1) is 6.74. The predicted octanol–water partition coefficient (Wildman–Crippen LogP) is 0.727. The van der Waals surface area contributed by atoms with Crippen molar-refractivity contribution in [3.63, 3.8) is 0 Å². The monoisotopic (exact) mass is 199 g/mol. The van der Waals surface area contributed by atoms with Crippen LogP contribution in [0, 0.1) is 11.3 Å². The maximum Gasteiger partial charge on any atom is 0.0579 e. The second-order valence-electron chi connectivity index (χ2n) is 5.14. The van der Waals surface area contributed by atoms with Crippen molar-refractivity contribution in [3.05, 3.63) is 0 Å². The zero-order valence-corrected chi connectivity index (χ0v) is 9.04. The quantitative estimate of drug-likeness (QED) is 0.708. The van der Waals surface area contributed by atoms with E-state index in [-0.39, 0.29) is 12.0 Å². The average molecular weight is 199 g/mol. The molecule has 3 nitrogen and oxygen atoms in total. The summed E-state index contributed by atoms with van der Waals surface area (Å²) < 4.78 is 5.19. The Hall–Kier alpha value is -0.120. The molecular weight excluding hydrogens is 178 g/mol. The van der Waals surface area contributed by atoms with Crippen LogP contribution in [0.25, 0.3) is 0 Å². The van der Waals surface area contributed by atoms with Crippen molar-refractivity contribution in [1.82, 2.24) is 4.90 Å². The number of aliphatic hydroxyl groups excluding tert-OH is 1. The van der Waals surface area contributed by atoms with E-state index in [0.717, 1.165) is 25.7 Å². The van der Waals surface area contributed by atoms with Crippen LogP contribution >= 0.6 is 0 Å². The van der Waals surface area contributed by atoms with Gasteiger partial charge in [0.25, 0.3) is 0 Å². The van der Waals surface area contributed by atoms with Crippen LogP contribution in [-0.4, -0.2) is 50.0 Å². The maximum absolute atomic E-state index is 9.28. The van der Waals surface area contributed by atoms with Crippen molar-refractivity contribution in [2.75, 3.05) is 40.0 Å². The van der Waals surface area contributed by atoms with E-state index in [4.69, 9.17) is 4.74 Å². The van der Waals surface area contributed by atoms with Gasteiger partial charge in [-0.15, -0.1) is 0 Å². The molecule has 1 aliphatic heterocycles. The Morgan fingerprint density at radius 3 is 2.50 bits per heavy atom. The second kappa shape index (κ2) is 4.17. The summed E-state index contributed by atoms with van der Waals surface area (Å²) in [4.78, 5) is 2.36. The van der Waals surface area contributed by atoms with Gasteiger partial charge in [0.2, 0.25) is 0 Å². The molecule has 0 aromatic carbocycles. The van der Waals surface area contributed by atoms with Gasteiger partial charge in [0.1, 0.15) is 0 Å². The Morgan fingerprint density at radius 1 is 1.43 bits per heavy atom. The van der Waals surface area contributed by atoms with E-state index < -0.39 is 0 Å². The number of aliphatic hydroxyl groups is 1. The van der Waals surface area contributed by atoms with Gasteiger partial charge in [-0.3, -0.25) is 0 Å². The number of rotatable bonds is 5. The zero-order valence-electron chi connectivity index (χ0n) is 9.04. The molecule has 1 saturated heterocycles. The Balaban J connectivity index is 1.72. The SMILES string of the molecule is CN(CC1CCC1)CC1(CO)COC1. The number of ether oxygens (including phenoxy) is 1. The van der Waals surface area contributed by atoms with Crippen molar-refractivity contribution in [3.8, 4) is 0 Å². The lowest BCUT2D eigenvalue weighted by Gasteiger charge is -2.43. The normalized spacial score (nSPS) is 25.9. The Morgan fingerprint density at radius 2 is 2.14 bits per heavy atom. The lowest BCUT2D eigenvalue weighted by atomic mass is 9.83. The number of nitrogens with zero attached hydrogens (tertiary/aromatic N) is 1. The van der Waals surface area contributed by atoms with Crippen molar-refractivity contribution in [1.29, 1.82) is 0 Å². The highest BCUT2D eigenvalue weighted by atomic mass is 16.5. The van der Waals surface area contributed by atoms with Crippen molar-refractivity contribution < 1.29 is 9.84 Å². The molecule has 0 radical (unpaired) electrons. The first-order valence-electron chi connectivity index (χ1n) is 5.61. The minimum Gasteiger partial charge on any atom is -0.396 e. The van der Waals surface area contributed by atoms with Crippen molar-refractivity contribution in [2.24, 2.45) is 11.3 Å². The molecule has 1 N–H and O–H groups in total. The van der Waals surface area contributed by atoms with Gasteiger partial charge < -0.3 is 14.7 Å². The topological polar surface area (TPSA) is 32.7 Å². The molecule has 0 unspecified atom stereocenters. The average Bonchev–Trinajstić information content (AvgIpc) is 2.04. The number of hydrogen-bond acceptors (Lipinski definition) is 3. The molecule has 2 rings (SSSR count). The molecule has 3 heteroatoms. The van der Waals surface area contributed by atoms with Gasteiger partial charge in [0, 0.05) is 13.1 Å². The van der Waals surface area contributed by atoms with Crippen molar-refractivity contribution >= 4 is 0 Å². The summed E-state index contributed by atoms with van der Waals surface area (Å²) in [5.74, 6) is 0.914. The van der Waals surface area contributed by atoms with E-state index in [9.17, 15) is 5.11 Å². The third kappa shape index (κ3) is 2.10. The van der Waals surface area contributed by atoms with E-state index in [1.165, 1.54) is 25.8 Å². The highest BCUT2D eigenvalue weighted by Crippen LogP contribution is 2.30. The van der Waals surface area contributed by atoms with E-state index in [1.54, 1.807) is 0 Å². The number of hydrogen-bond donors (Lipinski definition) is 1. The van der Waals surface area contributed by atoms with E-state index in [1.807, 2.05) is 0 Å². The van der Waals surface area contributed by atoms with Crippen LogP contribution in [0.2, 0.25) is 0 Å². The molecule has 14 heavy (non-hydrogen) atoms. The van der Waals surface area contributed by atoms with Gasteiger partial charge in [0.15, 0.2) is 0 Å². The molecule has 0 amide bonds. The summed E-state index contributed by atoms with van der Waals surface area (Å²) in [6.45, 7) is 3.92. The van der Waals surface area contributed by atoms with Crippen LogP contribution in [0.15, 0.2) is 0 Å². The summed E-state index contributed by atoms with van der Waals surface area (Å²) in [6.07, 6.45) is 4.20. The molecule has 1 heterocycles. The minimum atomic E-state index is 0.0541. The molecular formula is C11H21NO2. The van der Waals surface area contributed by atoms with Crippen LogP contribution in [0.3, 0.4) is 0 Å². The first-order valence-corrected chi connectivity index (χ1v) is 5.61. The summed E-state index contributed by atoms with van der Waals surface area (Å²) in [5, 5.41) is 9.28. The van der Waals surface area contributed by atoms with Gasteiger partial charge in [-0.2, -0.15) is 0 Å². The van der Waals surface area contributed by atoms with Crippen LogP contribution in [0.5, 0.6) is 0 Å². The molecule has 0 aromatic heterocycles. The van der Waals surface area contributed by atoms with E-state index in [2.05, 4.69) is 11.9 Å². The summed E-state index contributed by atoms with van der Waals surface area (Å²) in [6, 6.07) is 0. The standard InChI is InChI=1S/C11H21NO2/c1-12(5-10-3-2-4-10)6-11(7-13)8-14-9-11/h10,13H,2-9H2,1H3. The molecule has 0 atom stereocenters. The lowest BCUT2D eigenvalue weighted by molar-refractivity contribution is -0.147. The van der Waals surface area contributed by atoms with Crippen LogP contribution in [0.4, 0.5) is 0 Å². The fourth-order valence-electron chi connectivity index (χ4n) is 2.38. The van der Waals surface area contributed by atoms with E-state index in [0.29, 0.717) is 0 Å². The van der Waals surface area contributed by atoms with Gasteiger partial charge in [-0.25, -0.2) is 0 Å². The highest BCUT2D eigenvalue weighted by Gasteiger charge is 2.39. The van der Waals surface area contributed by atoms with Gasteiger partial charge in [0.05, 0.1) is 25.2 Å². The molecule has 1 aliphatic carbocycles. The third-order valence-corrected chi connectivity index (χ3v) is 3.55. The molecule has 2 fully saturated rings. The van der Waals surface area contributed by atoms with Gasteiger partial charge in [-0.1, -0.05) is 6.42 Å². The Kier molecular flexibility index (Phi) is 3.10. The van der Waals surface area contributed by atoms with Crippen LogP contribution < -0.4 is 0 Å². The Labute approximate surface area is 86.0 Å². The smallest absolute Gasteiger partial charge is 0.0579 e. The molecule has 1 saturated carbocycles. The summed E-state index contributed by atoms with van der Waals surface area (Å²) >= 11 is 0. The van der Waals surface area contributed by atoms with Crippen molar-refractivity contribution in [2.45, 2.75) is 19.3 Å². The maximum atomic E-state index is 9.28. The summed E-state index contributed by atoms with van der Waals surface area (Å²) in [7, 11) is 2.16. The Bertz CT molecular complexity index is 182. The molecule has 0 aromatic rings. The first kappa shape index (κ1) is 10.4. The molecule has 82 valence electrons. The predicted molar refractivity (Wildman–Crippen MR) is 55.2 cm³/mol. The molecule has 2 aliphatic rings. The fourth-order valence-corrected chi connectivity index (χ4v) is 2.38.